The van der Waals surface area contributed by atoms with E-state index in [1.807, 2.05) is 51.1 Å². The summed E-state index contributed by atoms with van der Waals surface area (Å²) in [5.74, 6) is 3.45. The second-order valence-corrected chi connectivity index (χ2v) is 6.91. The fourth-order valence-electron chi connectivity index (χ4n) is 2.65. The molecule has 0 spiro atoms. The van der Waals surface area contributed by atoms with Crippen LogP contribution in [0.4, 0.5) is 23.0 Å². The fraction of sp³-hybridized carbons (Fsp3) is 0.238. The molecule has 0 aliphatic heterocycles. The largest absolute Gasteiger partial charge is 0.495 e. The van der Waals surface area contributed by atoms with Crippen LogP contribution in [0, 0.1) is 6.92 Å². The van der Waals surface area contributed by atoms with E-state index in [2.05, 4.69) is 20.6 Å². The lowest BCUT2D eigenvalue weighted by atomic mass is 10.3. The average molecular weight is 399 g/mol. The predicted octanol–water partition coefficient (Wildman–Crippen LogP) is 5.72. The van der Waals surface area contributed by atoms with E-state index in [4.69, 9.17) is 21.1 Å². The fourth-order valence-corrected chi connectivity index (χ4v) is 2.82. The lowest BCUT2D eigenvalue weighted by molar-refractivity contribution is 0.242. The van der Waals surface area contributed by atoms with Gasteiger partial charge in [-0.25, -0.2) is 9.97 Å². The number of aromatic nitrogens is 2. The SMILES string of the molecule is COc1ccc(Cl)cc1Nc1cc(Nc2ccc(OC(C)C)cc2)nc(C)n1. The van der Waals surface area contributed by atoms with Gasteiger partial charge in [-0.3, -0.25) is 0 Å². The van der Waals surface area contributed by atoms with Crippen molar-refractivity contribution >= 4 is 34.6 Å². The first-order chi connectivity index (χ1) is 13.4. The number of hydrogen-bond donors (Lipinski definition) is 2. The topological polar surface area (TPSA) is 68.3 Å². The van der Waals surface area contributed by atoms with Crippen molar-refractivity contribution in [2.45, 2.75) is 26.9 Å². The minimum absolute atomic E-state index is 0.139. The first-order valence-corrected chi connectivity index (χ1v) is 9.31. The summed E-state index contributed by atoms with van der Waals surface area (Å²) in [5.41, 5.74) is 1.63. The van der Waals surface area contributed by atoms with E-state index in [1.54, 1.807) is 25.3 Å². The van der Waals surface area contributed by atoms with Gasteiger partial charge in [-0.15, -0.1) is 0 Å². The maximum atomic E-state index is 6.10. The van der Waals surface area contributed by atoms with Gasteiger partial charge in [0.05, 0.1) is 18.9 Å². The van der Waals surface area contributed by atoms with Crippen LogP contribution in [0.3, 0.4) is 0 Å². The summed E-state index contributed by atoms with van der Waals surface area (Å²) in [7, 11) is 1.61. The van der Waals surface area contributed by atoms with Crippen LogP contribution < -0.4 is 20.1 Å². The first kappa shape index (κ1) is 19.8. The molecule has 0 aliphatic carbocycles. The Morgan fingerprint density at radius 2 is 1.61 bits per heavy atom. The van der Waals surface area contributed by atoms with Crippen molar-refractivity contribution in [2.24, 2.45) is 0 Å². The van der Waals surface area contributed by atoms with Crippen molar-refractivity contribution in [1.82, 2.24) is 9.97 Å². The summed E-state index contributed by atoms with van der Waals surface area (Å²) in [4.78, 5) is 8.89. The molecule has 0 amide bonds. The number of anilines is 4. The molecule has 0 bridgehead atoms. The molecule has 6 nitrogen and oxygen atoms in total. The van der Waals surface area contributed by atoms with Crippen LogP contribution in [-0.2, 0) is 0 Å². The predicted molar refractivity (Wildman–Crippen MR) is 114 cm³/mol. The molecule has 0 saturated heterocycles. The number of benzene rings is 2. The van der Waals surface area contributed by atoms with E-state index < -0.39 is 0 Å². The third-order valence-corrected chi connectivity index (χ3v) is 4.00. The average Bonchev–Trinajstić information content (AvgIpc) is 2.63. The van der Waals surface area contributed by atoms with Crippen molar-refractivity contribution in [3.63, 3.8) is 0 Å². The highest BCUT2D eigenvalue weighted by Crippen LogP contribution is 2.30. The zero-order valence-corrected chi connectivity index (χ0v) is 17.0. The summed E-state index contributed by atoms with van der Waals surface area (Å²) < 4.78 is 11.0. The van der Waals surface area contributed by atoms with Crippen LogP contribution >= 0.6 is 11.6 Å². The molecule has 3 aromatic rings. The summed E-state index contributed by atoms with van der Waals surface area (Å²) in [6, 6.07) is 14.9. The molecule has 1 heterocycles. The number of aryl methyl sites for hydroxylation is 1. The molecule has 0 saturated carbocycles. The normalized spacial score (nSPS) is 10.6. The molecule has 0 atom stereocenters. The standard InChI is InChI=1S/C21H23ClN4O2/c1-13(2)28-17-8-6-16(7-9-17)25-20-12-21(24-14(3)23-20)26-18-11-15(22)5-10-19(18)27-4/h5-13H,1-4H3,(H2,23,24,25,26). The molecule has 1 aromatic heterocycles. The number of rotatable bonds is 7. The molecule has 0 fully saturated rings. The van der Waals surface area contributed by atoms with E-state index in [-0.39, 0.29) is 6.10 Å². The van der Waals surface area contributed by atoms with Crippen LogP contribution in [0.1, 0.15) is 19.7 Å². The highest BCUT2D eigenvalue weighted by atomic mass is 35.5. The van der Waals surface area contributed by atoms with Gasteiger partial charge >= 0.3 is 0 Å². The third kappa shape index (κ3) is 5.27. The Hall–Kier alpha value is -2.99. The lowest BCUT2D eigenvalue weighted by Gasteiger charge is -2.13. The Labute approximate surface area is 169 Å². The molecule has 2 N–H and O–H groups in total. The number of methoxy groups -OCH3 is 1. The summed E-state index contributed by atoms with van der Waals surface area (Å²) in [6.07, 6.45) is 0.139. The number of nitrogens with zero attached hydrogens (tertiary/aromatic N) is 2. The molecule has 0 unspecified atom stereocenters. The van der Waals surface area contributed by atoms with Gasteiger partial charge in [0.1, 0.15) is 29.0 Å². The molecule has 28 heavy (non-hydrogen) atoms. The Morgan fingerprint density at radius 3 is 2.25 bits per heavy atom. The highest BCUT2D eigenvalue weighted by molar-refractivity contribution is 6.31. The van der Waals surface area contributed by atoms with Crippen molar-refractivity contribution in [1.29, 1.82) is 0 Å². The molecule has 3 rings (SSSR count). The van der Waals surface area contributed by atoms with Crippen molar-refractivity contribution < 1.29 is 9.47 Å². The highest BCUT2D eigenvalue weighted by Gasteiger charge is 2.08. The van der Waals surface area contributed by atoms with Gasteiger partial charge in [0, 0.05) is 16.8 Å². The molecule has 0 aliphatic rings. The minimum Gasteiger partial charge on any atom is -0.495 e. The van der Waals surface area contributed by atoms with Crippen LogP contribution in [0.15, 0.2) is 48.5 Å². The van der Waals surface area contributed by atoms with Crippen molar-refractivity contribution in [3.8, 4) is 11.5 Å². The zero-order chi connectivity index (χ0) is 20.1. The third-order valence-electron chi connectivity index (χ3n) is 3.76. The molecular formula is C21H23ClN4O2. The van der Waals surface area contributed by atoms with E-state index >= 15 is 0 Å². The monoisotopic (exact) mass is 398 g/mol. The molecule has 7 heteroatoms. The second kappa shape index (κ2) is 8.80. The van der Waals surface area contributed by atoms with Gasteiger partial charge in [-0.1, -0.05) is 11.6 Å². The number of ether oxygens (including phenoxy) is 2. The van der Waals surface area contributed by atoms with Gasteiger partial charge in [0.25, 0.3) is 0 Å². The second-order valence-electron chi connectivity index (χ2n) is 6.47. The van der Waals surface area contributed by atoms with Crippen LogP contribution in [0.5, 0.6) is 11.5 Å². The summed E-state index contributed by atoms with van der Waals surface area (Å²) in [6.45, 7) is 5.84. The Bertz CT molecular complexity index is 946. The maximum Gasteiger partial charge on any atom is 0.142 e. The van der Waals surface area contributed by atoms with E-state index in [9.17, 15) is 0 Å². The van der Waals surface area contributed by atoms with Crippen molar-refractivity contribution in [3.05, 3.63) is 59.4 Å². The lowest BCUT2D eigenvalue weighted by Crippen LogP contribution is -2.05. The van der Waals surface area contributed by atoms with Gasteiger partial charge in [-0.05, 0) is 63.2 Å². The van der Waals surface area contributed by atoms with E-state index in [0.29, 0.717) is 28.2 Å². The molecule has 2 aromatic carbocycles. The number of hydrogen-bond acceptors (Lipinski definition) is 6. The Morgan fingerprint density at radius 1 is 0.929 bits per heavy atom. The maximum absolute atomic E-state index is 6.10. The van der Waals surface area contributed by atoms with E-state index in [0.717, 1.165) is 17.1 Å². The van der Waals surface area contributed by atoms with E-state index in [1.165, 1.54) is 0 Å². The van der Waals surface area contributed by atoms with Crippen LogP contribution in [0.25, 0.3) is 0 Å². The summed E-state index contributed by atoms with van der Waals surface area (Å²) in [5, 5.41) is 7.14. The van der Waals surface area contributed by atoms with Gasteiger partial charge < -0.3 is 20.1 Å². The van der Waals surface area contributed by atoms with Gasteiger partial charge in [0.2, 0.25) is 0 Å². The quantitative estimate of drug-likeness (QED) is 0.530. The molecular weight excluding hydrogens is 376 g/mol. The first-order valence-electron chi connectivity index (χ1n) is 8.93. The number of nitrogens with one attached hydrogen (secondary N) is 2. The van der Waals surface area contributed by atoms with Crippen LogP contribution in [-0.4, -0.2) is 23.2 Å². The Balaban J connectivity index is 1.79. The number of halogens is 1. The molecule has 0 radical (unpaired) electrons. The smallest absolute Gasteiger partial charge is 0.142 e. The van der Waals surface area contributed by atoms with Crippen molar-refractivity contribution in [2.75, 3.05) is 17.7 Å². The Kier molecular flexibility index (Phi) is 6.21. The summed E-state index contributed by atoms with van der Waals surface area (Å²) >= 11 is 6.10. The van der Waals surface area contributed by atoms with Crippen LogP contribution in [0.2, 0.25) is 5.02 Å². The van der Waals surface area contributed by atoms with Gasteiger partial charge in [-0.2, -0.15) is 0 Å². The minimum atomic E-state index is 0.139. The molecule has 146 valence electrons. The zero-order valence-electron chi connectivity index (χ0n) is 16.3. The van der Waals surface area contributed by atoms with Gasteiger partial charge in [0.15, 0.2) is 0 Å².